The van der Waals surface area contributed by atoms with E-state index in [-0.39, 0.29) is 17.1 Å². The molecule has 9 rings (SSSR count). The molecule has 1 radical (unpaired) electrons. The van der Waals surface area contributed by atoms with Gasteiger partial charge in [0.2, 0.25) is 0 Å². The van der Waals surface area contributed by atoms with Crippen LogP contribution in [0.1, 0.15) is 0 Å². The van der Waals surface area contributed by atoms with Crippen LogP contribution in [0.4, 0.5) is 0 Å². The van der Waals surface area contributed by atoms with Gasteiger partial charge in [-0.3, -0.25) is 0 Å². The molecule has 0 saturated carbocycles. The first-order valence-electron chi connectivity index (χ1n) is 19.1. The van der Waals surface area contributed by atoms with Gasteiger partial charge in [-0.1, -0.05) is 170 Å². The summed E-state index contributed by atoms with van der Waals surface area (Å²) in [5, 5.41) is 48.2. The quantitative estimate of drug-likeness (QED) is 0.0906. The van der Waals surface area contributed by atoms with E-state index in [2.05, 4.69) is 121 Å². The molecular formula is C48H32FeN7O9. The van der Waals surface area contributed by atoms with Crippen LogP contribution in [0, 0.1) is 46.0 Å². The third-order valence-corrected chi connectivity index (χ3v) is 9.29. The molecule has 8 aromatic carbocycles. The summed E-state index contributed by atoms with van der Waals surface area (Å²) in [5.41, 5.74) is 10.1. The van der Waals surface area contributed by atoms with Gasteiger partial charge >= 0.3 is 17.1 Å². The molecule has 0 amide bonds. The standard InChI is InChI=1S/C48H32N4.Fe.3NO3/c1-5-17-35(18-6-1)45-46(36-19-7-2-8-20-36)50-40-30-14-27-34-28-16-32-42(44(34)40)52-48(38-23-11-4-12-24-38)47(37-21-9-3-10-22-37)51-41-31-15-26-33-25-13-29-39(49-45)43(33)41;;3*2-1(3)4/h1-32H;;;;/q;+3;3*-1. The van der Waals surface area contributed by atoms with Crippen LogP contribution < -0.4 is 0 Å². The van der Waals surface area contributed by atoms with E-state index in [1.807, 2.05) is 72.8 Å². The molecule has 0 aliphatic carbocycles. The van der Waals surface area contributed by atoms with E-state index in [9.17, 15) is 0 Å². The van der Waals surface area contributed by atoms with Crippen molar-refractivity contribution in [1.29, 1.82) is 0 Å². The molecule has 65 heavy (non-hydrogen) atoms. The van der Waals surface area contributed by atoms with Crippen LogP contribution in [0.2, 0.25) is 0 Å². The van der Waals surface area contributed by atoms with Crippen LogP contribution in [-0.2, 0) is 17.1 Å². The Morgan fingerprint density at radius 2 is 0.462 bits per heavy atom. The average molecular weight is 907 g/mol. The van der Waals surface area contributed by atoms with Crippen LogP contribution in [0.25, 0.3) is 88.6 Å². The van der Waals surface area contributed by atoms with Gasteiger partial charge in [0.15, 0.2) is 0 Å². The number of nitrogens with zero attached hydrogens (tertiary/aromatic N) is 7. The van der Waals surface area contributed by atoms with Crippen molar-refractivity contribution in [3.63, 3.8) is 0 Å². The Kier molecular flexibility index (Phi) is 16.5. The third kappa shape index (κ3) is 12.6. The predicted molar refractivity (Wildman–Crippen MR) is 247 cm³/mol. The van der Waals surface area contributed by atoms with E-state index in [0.717, 1.165) is 88.6 Å². The summed E-state index contributed by atoms with van der Waals surface area (Å²) in [6.07, 6.45) is 0. The Hall–Kier alpha value is -8.92. The maximum Gasteiger partial charge on any atom is 3.00 e. The number of hydrogen-bond acceptors (Lipinski definition) is 13. The first-order valence-corrected chi connectivity index (χ1v) is 19.1. The van der Waals surface area contributed by atoms with E-state index in [0.29, 0.717) is 0 Å². The molecule has 1 aromatic heterocycles. The molecule has 9 aromatic rings. The molecule has 1 heterocycles. The van der Waals surface area contributed by atoms with E-state index < -0.39 is 15.3 Å². The smallest absolute Gasteiger partial charge is 0.356 e. The second-order valence-electron chi connectivity index (χ2n) is 13.3. The minimum absolute atomic E-state index is 0. The van der Waals surface area contributed by atoms with Gasteiger partial charge in [-0.2, -0.15) is 0 Å². The molecule has 0 aliphatic heterocycles. The fourth-order valence-corrected chi connectivity index (χ4v) is 6.86. The minimum atomic E-state index is -1.75. The second kappa shape index (κ2) is 22.8. The Bertz CT molecular complexity index is 2770. The summed E-state index contributed by atoms with van der Waals surface area (Å²) in [4.78, 5) is 47.0. The van der Waals surface area contributed by atoms with Crippen LogP contribution in [0.5, 0.6) is 0 Å². The van der Waals surface area contributed by atoms with Crippen molar-refractivity contribution in [3.05, 3.63) is 240 Å². The van der Waals surface area contributed by atoms with E-state index >= 15 is 0 Å². The van der Waals surface area contributed by atoms with Crippen molar-refractivity contribution in [1.82, 2.24) is 19.9 Å². The van der Waals surface area contributed by atoms with Crippen molar-refractivity contribution in [2.24, 2.45) is 0 Å². The Morgan fingerprint density at radius 3 is 0.646 bits per heavy atom. The summed E-state index contributed by atoms with van der Waals surface area (Å²) in [5.74, 6) is 0. The van der Waals surface area contributed by atoms with Crippen LogP contribution in [-0.4, -0.2) is 35.2 Å². The van der Waals surface area contributed by atoms with Crippen molar-refractivity contribution >= 4 is 43.6 Å². The summed E-state index contributed by atoms with van der Waals surface area (Å²) >= 11 is 0. The number of aromatic nitrogens is 4. The molecule has 0 unspecified atom stereocenters. The fourth-order valence-electron chi connectivity index (χ4n) is 6.86. The zero-order chi connectivity index (χ0) is 45.4. The summed E-state index contributed by atoms with van der Waals surface area (Å²) in [7, 11) is 0. The molecule has 16 nitrogen and oxygen atoms in total. The van der Waals surface area contributed by atoms with Crippen molar-refractivity contribution in [2.45, 2.75) is 0 Å². The normalized spacial score (nSPS) is 9.97. The van der Waals surface area contributed by atoms with E-state index in [1.165, 1.54) is 0 Å². The van der Waals surface area contributed by atoms with Gasteiger partial charge in [0.05, 0.1) is 60.1 Å². The van der Waals surface area contributed by atoms with Crippen molar-refractivity contribution in [2.75, 3.05) is 0 Å². The molecule has 321 valence electrons. The molecule has 0 N–H and O–H groups in total. The summed E-state index contributed by atoms with van der Waals surface area (Å²) in [6, 6.07) is 66.3. The van der Waals surface area contributed by atoms with Crippen LogP contribution in [0.3, 0.4) is 0 Å². The van der Waals surface area contributed by atoms with Gasteiger partial charge < -0.3 is 46.0 Å². The zero-order valence-corrected chi connectivity index (χ0v) is 34.7. The van der Waals surface area contributed by atoms with Crippen LogP contribution in [0.15, 0.2) is 194 Å². The molecule has 0 fully saturated rings. The monoisotopic (exact) mass is 906 g/mol. The zero-order valence-electron chi connectivity index (χ0n) is 33.6. The molecule has 0 aliphatic rings. The van der Waals surface area contributed by atoms with Gasteiger partial charge in [-0.25, -0.2) is 19.9 Å². The van der Waals surface area contributed by atoms with Gasteiger partial charge in [-0.15, -0.1) is 0 Å². The van der Waals surface area contributed by atoms with Gasteiger partial charge in [0.1, 0.15) is 0 Å². The number of benzene rings is 8. The van der Waals surface area contributed by atoms with E-state index in [4.69, 9.17) is 65.9 Å². The summed E-state index contributed by atoms with van der Waals surface area (Å²) < 4.78 is 0. The minimum Gasteiger partial charge on any atom is -0.356 e. The molecule has 0 bridgehead atoms. The molecule has 17 heteroatoms. The maximum absolute atomic E-state index is 8.25. The van der Waals surface area contributed by atoms with Gasteiger partial charge in [-0.05, 0) is 35.0 Å². The largest absolute Gasteiger partial charge is 3.00 e. The van der Waals surface area contributed by atoms with Gasteiger partial charge in [0, 0.05) is 33.0 Å². The summed E-state index contributed by atoms with van der Waals surface area (Å²) in [6.45, 7) is 0. The molecule has 0 spiro atoms. The molecule has 0 saturated heterocycles. The predicted octanol–water partition coefficient (Wildman–Crippen LogP) is 11.5. The maximum atomic E-state index is 8.25. The first kappa shape index (κ1) is 47.1. The Balaban J connectivity index is 0.000000548. The van der Waals surface area contributed by atoms with Gasteiger partial charge in [0.25, 0.3) is 0 Å². The average Bonchev–Trinajstić information content (AvgIpc) is 3.29. The SMILES string of the molecule is O=[N+]([O-])[O-].O=[N+]([O-])[O-].O=[N+]([O-])[O-].[Fe+3].c1ccc(-c2nc3cccc4cccc(nc(-c5ccccc5)c(-c5ccccc5)nc5cccc6cccc(nc2-c2ccccc2)c65)c43)cc1. The third-order valence-electron chi connectivity index (χ3n) is 9.29. The second-order valence-corrected chi connectivity index (χ2v) is 13.3. The number of rotatable bonds is 4. The Morgan fingerprint density at radius 1 is 0.277 bits per heavy atom. The van der Waals surface area contributed by atoms with Crippen LogP contribution >= 0.6 is 0 Å². The fraction of sp³-hybridized carbons (Fsp3) is 0. The van der Waals surface area contributed by atoms with Crippen molar-refractivity contribution in [3.8, 4) is 45.0 Å². The topological polar surface area (TPSA) is 250 Å². The number of hydrogen-bond donors (Lipinski definition) is 0. The molecular weight excluding hydrogens is 874 g/mol. The van der Waals surface area contributed by atoms with E-state index in [1.54, 1.807) is 0 Å². The first-order chi connectivity index (χ1) is 31.0. The molecule has 0 atom stereocenters. The van der Waals surface area contributed by atoms with Crippen molar-refractivity contribution < 1.29 is 32.3 Å². The Labute approximate surface area is 379 Å².